The predicted molar refractivity (Wildman–Crippen MR) is 71.9 cm³/mol. The van der Waals surface area contributed by atoms with E-state index in [1.54, 1.807) is 13.8 Å². The average Bonchev–Trinajstić information content (AvgIpc) is 2.40. The third-order valence-electron chi connectivity index (χ3n) is 2.85. The predicted octanol–water partition coefficient (Wildman–Crippen LogP) is 0.710. The van der Waals surface area contributed by atoms with Gasteiger partial charge in [0.05, 0.1) is 6.54 Å². The molecule has 0 N–H and O–H groups in total. The zero-order chi connectivity index (χ0) is 15.3. The summed E-state index contributed by atoms with van der Waals surface area (Å²) < 4.78 is 38.6. The van der Waals surface area contributed by atoms with E-state index >= 15 is 0 Å². The van der Waals surface area contributed by atoms with Crippen LogP contribution in [0, 0.1) is 5.82 Å². The van der Waals surface area contributed by atoms with Crippen molar-refractivity contribution in [1.29, 1.82) is 0 Å². The van der Waals surface area contributed by atoms with Gasteiger partial charge >= 0.3 is 0 Å². The molecule has 0 fully saturated rings. The van der Waals surface area contributed by atoms with Crippen molar-refractivity contribution in [2.45, 2.75) is 18.9 Å². The molecule has 1 aromatic heterocycles. The Bertz CT molecular complexity index is 573. The highest BCUT2D eigenvalue weighted by Crippen LogP contribution is 2.14. The molecule has 8 heteroatoms. The van der Waals surface area contributed by atoms with Crippen LogP contribution in [0.15, 0.2) is 23.4 Å². The smallest absolute Gasteiger partial charge is 0.263 e. The first-order valence-corrected chi connectivity index (χ1v) is 7.63. The normalized spacial score (nSPS) is 11.7. The molecule has 0 spiro atoms. The number of sulfonamides is 1. The second kappa shape index (κ2) is 6.76. The van der Waals surface area contributed by atoms with Gasteiger partial charge in [0, 0.05) is 26.3 Å². The minimum atomic E-state index is -4.11. The molecule has 6 nitrogen and oxygen atoms in total. The zero-order valence-corrected chi connectivity index (χ0v) is 12.5. The molecule has 0 aliphatic heterocycles. The summed E-state index contributed by atoms with van der Waals surface area (Å²) in [5, 5.41) is -0.671. The van der Waals surface area contributed by atoms with E-state index in [9.17, 15) is 17.6 Å². The lowest BCUT2D eigenvalue weighted by Gasteiger charge is -2.22. The van der Waals surface area contributed by atoms with Crippen LogP contribution < -0.4 is 0 Å². The van der Waals surface area contributed by atoms with Gasteiger partial charge in [0.25, 0.3) is 10.0 Å². The first kappa shape index (κ1) is 16.5. The number of hydrogen-bond donors (Lipinski definition) is 0. The van der Waals surface area contributed by atoms with E-state index in [4.69, 9.17) is 0 Å². The fourth-order valence-electron chi connectivity index (χ4n) is 1.66. The van der Waals surface area contributed by atoms with Gasteiger partial charge < -0.3 is 4.90 Å². The first-order valence-electron chi connectivity index (χ1n) is 6.19. The van der Waals surface area contributed by atoms with Crippen LogP contribution in [-0.2, 0) is 14.8 Å². The van der Waals surface area contributed by atoms with E-state index in [1.807, 2.05) is 0 Å². The molecule has 1 aromatic rings. The molecule has 0 aliphatic rings. The molecule has 0 bridgehead atoms. The fraction of sp³-hybridized carbons (Fsp3) is 0.500. The Morgan fingerprint density at radius 2 is 1.95 bits per heavy atom. The molecule has 0 atom stereocenters. The number of nitrogens with zero attached hydrogens (tertiary/aromatic N) is 3. The maximum absolute atomic E-state index is 13.5. The molecule has 0 saturated carbocycles. The van der Waals surface area contributed by atoms with Gasteiger partial charge in [-0.2, -0.15) is 4.31 Å². The van der Waals surface area contributed by atoms with Crippen LogP contribution in [0.1, 0.15) is 13.8 Å². The number of rotatable bonds is 6. The number of carbonyl (C=O) groups is 1. The number of likely N-dealkylation sites (N-methyl/N-ethyl adjacent to an activating group) is 2. The average molecular weight is 303 g/mol. The summed E-state index contributed by atoms with van der Waals surface area (Å²) in [7, 11) is -2.89. The van der Waals surface area contributed by atoms with Gasteiger partial charge in [-0.15, -0.1) is 0 Å². The Morgan fingerprint density at radius 3 is 2.45 bits per heavy atom. The number of aromatic nitrogens is 1. The Hall–Kier alpha value is -1.54. The summed E-state index contributed by atoms with van der Waals surface area (Å²) in [5.41, 5.74) is 0. The standard InChI is InChI=1S/C12H18FN3O3S/c1-4-16(5-2)11(17)9-15(3)20(18,19)12-10(13)7-6-8-14-12/h6-8H,4-5,9H2,1-3H3. The van der Waals surface area contributed by atoms with Crippen LogP contribution in [-0.4, -0.2) is 55.2 Å². The highest BCUT2D eigenvalue weighted by Gasteiger charge is 2.28. The van der Waals surface area contributed by atoms with E-state index < -0.39 is 20.9 Å². The fourth-order valence-corrected chi connectivity index (χ4v) is 2.74. The van der Waals surface area contributed by atoms with Gasteiger partial charge in [0.1, 0.15) is 0 Å². The van der Waals surface area contributed by atoms with Crippen molar-refractivity contribution in [2.24, 2.45) is 0 Å². The van der Waals surface area contributed by atoms with Crippen molar-refractivity contribution in [3.8, 4) is 0 Å². The van der Waals surface area contributed by atoms with E-state index in [0.29, 0.717) is 13.1 Å². The maximum atomic E-state index is 13.5. The quantitative estimate of drug-likeness (QED) is 0.776. The number of hydrogen-bond acceptors (Lipinski definition) is 4. The van der Waals surface area contributed by atoms with Crippen LogP contribution in [0.25, 0.3) is 0 Å². The Kier molecular flexibility index (Phi) is 5.58. The summed E-state index contributed by atoms with van der Waals surface area (Å²) in [6.45, 7) is 4.23. The minimum Gasteiger partial charge on any atom is -0.342 e. The highest BCUT2D eigenvalue weighted by atomic mass is 32.2. The van der Waals surface area contributed by atoms with Gasteiger partial charge in [-0.3, -0.25) is 4.79 Å². The molecule has 0 saturated heterocycles. The maximum Gasteiger partial charge on any atom is 0.263 e. The zero-order valence-electron chi connectivity index (χ0n) is 11.7. The lowest BCUT2D eigenvalue weighted by molar-refractivity contribution is -0.130. The third-order valence-corrected chi connectivity index (χ3v) is 4.59. The van der Waals surface area contributed by atoms with Crippen molar-refractivity contribution in [2.75, 3.05) is 26.7 Å². The van der Waals surface area contributed by atoms with Crippen molar-refractivity contribution in [1.82, 2.24) is 14.2 Å². The van der Waals surface area contributed by atoms with Crippen molar-refractivity contribution in [3.05, 3.63) is 24.1 Å². The molecule has 1 rings (SSSR count). The van der Waals surface area contributed by atoms with Crippen LogP contribution in [0.2, 0.25) is 0 Å². The van der Waals surface area contributed by atoms with Gasteiger partial charge in [0.15, 0.2) is 5.82 Å². The first-order chi connectivity index (χ1) is 9.34. The molecule has 0 radical (unpaired) electrons. The summed E-state index contributed by atoms with van der Waals surface area (Å²) in [6, 6.07) is 2.31. The van der Waals surface area contributed by atoms with Gasteiger partial charge in [-0.1, -0.05) is 0 Å². The van der Waals surface area contributed by atoms with Gasteiger partial charge in [-0.25, -0.2) is 17.8 Å². The Morgan fingerprint density at radius 1 is 1.35 bits per heavy atom. The van der Waals surface area contributed by atoms with Crippen molar-refractivity contribution >= 4 is 15.9 Å². The van der Waals surface area contributed by atoms with E-state index in [1.165, 1.54) is 24.2 Å². The van der Waals surface area contributed by atoms with Crippen LogP contribution in [0.4, 0.5) is 4.39 Å². The highest BCUT2D eigenvalue weighted by molar-refractivity contribution is 7.89. The van der Waals surface area contributed by atoms with Crippen molar-refractivity contribution in [3.63, 3.8) is 0 Å². The molecule has 112 valence electrons. The Balaban J connectivity index is 2.94. The molecule has 1 amide bonds. The second-order valence-corrected chi connectivity index (χ2v) is 6.08. The van der Waals surface area contributed by atoms with Crippen molar-refractivity contribution < 1.29 is 17.6 Å². The van der Waals surface area contributed by atoms with Crippen LogP contribution in [0.3, 0.4) is 0 Å². The van der Waals surface area contributed by atoms with Crippen LogP contribution in [0.5, 0.6) is 0 Å². The Labute approximate surface area is 118 Å². The van der Waals surface area contributed by atoms with E-state index in [2.05, 4.69) is 4.98 Å². The summed E-state index contributed by atoms with van der Waals surface area (Å²) in [4.78, 5) is 16.9. The molecule has 1 heterocycles. The second-order valence-electron chi connectivity index (χ2n) is 4.12. The van der Waals surface area contributed by atoms with E-state index in [0.717, 1.165) is 10.4 Å². The largest absolute Gasteiger partial charge is 0.342 e. The molecule has 0 unspecified atom stereocenters. The SMILES string of the molecule is CCN(CC)C(=O)CN(C)S(=O)(=O)c1ncccc1F. The molecule has 0 aromatic carbocycles. The topological polar surface area (TPSA) is 70.6 Å². The molecular formula is C12H18FN3O3S. The number of amides is 1. The van der Waals surface area contributed by atoms with Gasteiger partial charge in [-0.05, 0) is 26.0 Å². The lowest BCUT2D eigenvalue weighted by Crippen LogP contribution is -2.41. The molecule has 20 heavy (non-hydrogen) atoms. The monoisotopic (exact) mass is 303 g/mol. The summed E-state index contributed by atoms with van der Waals surface area (Å²) in [6.07, 6.45) is 1.19. The number of pyridine rings is 1. The minimum absolute atomic E-state index is 0.336. The van der Waals surface area contributed by atoms with Crippen LogP contribution >= 0.6 is 0 Å². The number of halogens is 1. The summed E-state index contributed by atoms with van der Waals surface area (Å²) >= 11 is 0. The number of carbonyl (C=O) groups excluding carboxylic acids is 1. The molecule has 0 aliphatic carbocycles. The van der Waals surface area contributed by atoms with Gasteiger partial charge in [0.2, 0.25) is 10.9 Å². The lowest BCUT2D eigenvalue weighted by atomic mass is 10.4. The summed E-state index contributed by atoms with van der Waals surface area (Å²) in [5.74, 6) is -1.27. The molecular weight excluding hydrogens is 285 g/mol. The van der Waals surface area contributed by atoms with E-state index in [-0.39, 0.29) is 12.5 Å². The third kappa shape index (κ3) is 3.51.